The molecule has 3 heteroatoms. The van der Waals surface area contributed by atoms with Crippen LogP contribution in [-0.2, 0) is 11.3 Å². The minimum absolute atomic E-state index is 0.648. The summed E-state index contributed by atoms with van der Waals surface area (Å²) in [6.45, 7) is 5.94. The summed E-state index contributed by atoms with van der Waals surface area (Å²) in [5.74, 6) is 0.756. The van der Waals surface area contributed by atoms with E-state index < -0.39 is 0 Å². The van der Waals surface area contributed by atoms with E-state index in [9.17, 15) is 0 Å². The molecule has 0 heterocycles. The summed E-state index contributed by atoms with van der Waals surface area (Å²) in [6.07, 6.45) is 2.35. The molecule has 0 radical (unpaired) electrons. The zero-order chi connectivity index (χ0) is 12.0. The maximum atomic E-state index is 5.79. The van der Waals surface area contributed by atoms with Gasteiger partial charge in [0.2, 0.25) is 0 Å². The average Bonchev–Trinajstić information content (AvgIpc) is 2.22. The lowest BCUT2D eigenvalue weighted by molar-refractivity contribution is 0.115. The Labute approximate surface area is 106 Å². The summed E-state index contributed by atoms with van der Waals surface area (Å²) in [5, 5.41) is 0. The van der Waals surface area contributed by atoms with E-state index in [-0.39, 0.29) is 0 Å². The van der Waals surface area contributed by atoms with Crippen molar-refractivity contribution in [2.45, 2.75) is 33.3 Å². The number of nitrogens with two attached hydrogens (primary N) is 1. The average molecular weight is 286 g/mol. The van der Waals surface area contributed by atoms with Crippen LogP contribution in [0.3, 0.4) is 0 Å². The minimum atomic E-state index is 0.648. The van der Waals surface area contributed by atoms with Gasteiger partial charge in [-0.3, -0.25) is 0 Å². The van der Waals surface area contributed by atoms with Gasteiger partial charge in [0.1, 0.15) is 0 Å². The lowest BCUT2D eigenvalue weighted by atomic mass is 10.1. The SMILES string of the molecule is CC(C)CCCOCc1ccc(Br)c(N)c1. The van der Waals surface area contributed by atoms with Gasteiger partial charge in [0, 0.05) is 16.8 Å². The molecule has 0 saturated carbocycles. The summed E-state index contributed by atoms with van der Waals surface area (Å²) >= 11 is 3.37. The molecule has 0 aliphatic carbocycles. The van der Waals surface area contributed by atoms with E-state index in [2.05, 4.69) is 29.8 Å². The molecule has 1 aromatic carbocycles. The molecule has 0 atom stereocenters. The first kappa shape index (κ1) is 13.5. The third-order valence-electron chi connectivity index (χ3n) is 2.40. The number of halogens is 1. The smallest absolute Gasteiger partial charge is 0.0717 e. The molecule has 0 bridgehead atoms. The van der Waals surface area contributed by atoms with Gasteiger partial charge in [-0.05, 0) is 52.4 Å². The zero-order valence-electron chi connectivity index (χ0n) is 10.0. The van der Waals surface area contributed by atoms with Gasteiger partial charge >= 0.3 is 0 Å². The van der Waals surface area contributed by atoms with Crippen molar-refractivity contribution in [2.75, 3.05) is 12.3 Å². The van der Waals surface area contributed by atoms with Crippen LogP contribution in [0.15, 0.2) is 22.7 Å². The van der Waals surface area contributed by atoms with Gasteiger partial charge in [-0.15, -0.1) is 0 Å². The molecule has 0 aliphatic heterocycles. The van der Waals surface area contributed by atoms with Crippen LogP contribution in [-0.4, -0.2) is 6.61 Å². The highest BCUT2D eigenvalue weighted by atomic mass is 79.9. The lowest BCUT2D eigenvalue weighted by Crippen LogP contribution is -1.98. The number of hydrogen-bond donors (Lipinski definition) is 1. The van der Waals surface area contributed by atoms with Crippen LogP contribution in [0, 0.1) is 5.92 Å². The monoisotopic (exact) mass is 285 g/mol. The van der Waals surface area contributed by atoms with Gasteiger partial charge in [-0.25, -0.2) is 0 Å². The molecule has 90 valence electrons. The standard InChI is InChI=1S/C13H20BrNO/c1-10(2)4-3-7-16-9-11-5-6-12(14)13(15)8-11/h5-6,8,10H,3-4,7,9,15H2,1-2H3. The Balaban J connectivity index is 2.24. The molecule has 0 aliphatic rings. The van der Waals surface area contributed by atoms with Crippen molar-refractivity contribution < 1.29 is 4.74 Å². The number of benzene rings is 1. The fraction of sp³-hybridized carbons (Fsp3) is 0.538. The van der Waals surface area contributed by atoms with E-state index in [0.717, 1.165) is 34.7 Å². The molecule has 0 amide bonds. The lowest BCUT2D eigenvalue weighted by Gasteiger charge is -2.07. The van der Waals surface area contributed by atoms with Crippen molar-refractivity contribution >= 4 is 21.6 Å². The first-order valence-electron chi connectivity index (χ1n) is 5.71. The predicted octanol–water partition coefficient (Wildman–Crippen LogP) is 3.98. The molecular weight excluding hydrogens is 266 g/mol. The van der Waals surface area contributed by atoms with E-state index in [1.807, 2.05) is 18.2 Å². The van der Waals surface area contributed by atoms with Gasteiger partial charge in [0.15, 0.2) is 0 Å². The fourth-order valence-electron chi connectivity index (χ4n) is 1.47. The van der Waals surface area contributed by atoms with Crippen LogP contribution < -0.4 is 5.73 Å². The molecule has 1 aromatic rings. The van der Waals surface area contributed by atoms with Crippen molar-refractivity contribution in [3.8, 4) is 0 Å². The predicted molar refractivity (Wildman–Crippen MR) is 72.3 cm³/mol. The summed E-state index contributed by atoms with van der Waals surface area (Å²) in [5.41, 5.74) is 7.69. The third kappa shape index (κ3) is 4.99. The van der Waals surface area contributed by atoms with Gasteiger partial charge in [0.25, 0.3) is 0 Å². The van der Waals surface area contributed by atoms with Crippen LogP contribution in [0.2, 0.25) is 0 Å². The van der Waals surface area contributed by atoms with E-state index in [1.54, 1.807) is 0 Å². The summed E-state index contributed by atoms with van der Waals surface area (Å²) in [4.78, 5) is 0. The van der Waals surface area contributed by atoms with E-state index in [0.29, 0.717) is 6.61 Å². The molecule has 1 rings (SSSR count). The Kier molecular flexibility index (Phi) is 5.85. The third-order valence-corrected chi connectivity index (χ3v) is 3.12. The second-order valence-electron chi connectivity index (χ2n) is 4.44. The van der Waals surface area contributed by atoms with Crippen molar-refractivity contribution in [1.82, 2.24) is 0 Å². The number of nitrogen functional groups attached to an aromatic ring is 1. The quantitative estimate of drug-likeness (QED) is 0.634. The van der Waals surface area contributed by atoms with Crippen molar-refractivity contribution in [3.05, 3.63) is 28.2 Å². The van der Waals surface area contributed by atoms with Crippen molar-refractivity contribution in [1.29, 1.82) is 0 Å². The van der Waals surface area contributed by atoms with Crippen molar-refractivity contribution in [2.24, 2.45) is 5.92 Å². The molecule has 0 aromatic heterocycles. The normalized spacial score (nSPS) is 11.0. The Bertz CT molecular complexity index is 326. The highest BCUT2D eigenvalue weighted by Gasteiger charge is 1.99. The number of rotatable bonds is 6. The van der Waals surface area contributed by atoms with Gasteiger partial charge < -0.3 is 10.5 Å². The molecule has 0 fully saturated rings. The molecule has 2 N–H and O–H groups in total. The van der Waals surface area contributed by atoms with Crippen molar-refractivity contribution in [3.63, 3.8) is 0 Å². The van der Waals surface area contributed by atoms with E-state index in [1.165, 1.54) is 6.42 Å². The topological polar surface area (TPSA) is 35.2 Å². The molecule has 0 spiro atoms. The molecule has 2 nitrogen and oxygen atoms in total. The second-order valence-corrected chi connectivity index (χ2v) is 5.30. The van der Waals surface area contributed by atoms with Gasteiger partial charge in [0.05, 0.1) is 6.61 Å². The Morgan fingerprint density at radius 2 is 2.12 bits per heavy atom. The maximum Gasteiger partial charge on any atom is 0.0717 e. The molecule has 16 heavy (non-hydrogen) atoms. The number of ether oxygens (including phenoxy) is 1. The molecular formula is C13H20BrNO. The molecule has 0 unspecified atom stereocenters. The summed E-state index contributed by atoms with van der Waals surface area (Å²) in [7, 11) is 0. The fourth-order valence-corrected chi connectivity index (χ4v) is 1.71. The van der Waals surface area contributed by atoms with Crippen LogP contribution >= 0.6 is 15.9 Å². The van der Waals surface area contributed by atoms with E-state index >= 15 is 0 Å². The molecule has 0 saturated heterocycles. The minimum Gasteiger partial charge on any atom is -0.398 e. The van der Waals surface area contributed by atoms with Crippen LogP contribution in [0.25, 0.3) is 0 Å². The largest absolute Gasteiger partial charge is 0.398 e. The number of anilines is 1. The number of hydrogen-bond acceptors (Lipinski definition) is 2. The Hall–Kier alpha value is -0.540. The maximum absolute atomic E-state index is 5.79. The highest BCUT2D eigenvalue weighted by Crippen LogP contribution is 2.20. The van der Waals surface area contributed by atoms with Crippen LogP contribution in [0.1, 0.15) is 32.3 Å². The van der Waals surface area contributed by atoms with Gasteiger partial charge in [-0.1, -0.05) is 19.9 Å². The Morgan fingerprint density at radius 3 is 2.75 bits per heavy atom. The zero-order valence-corrected chi connectivity index (χ0v) is 11.6. The second kappa shape index (κ2) is 6.92. The summed E-state index contributed by atoms with van der Waals surface area (Å²) in [6, 6.07) is 5.94. The van der Waals surface area contributed by atoms with Crippen LogP contribution in [0.5, 0.6) is 0 Å². The van der Waals surface area contributed by atoms with Crippen LogP contribution in [0.4, 0.5) is 5.69 Å². The first-order valence-corrected chi connectivity index (χ1v) is 6.50. The van der Waals surface area contributed by atoms with Gasteiger partial charge in [-0.2, -0.15) is 0 Å². The van der Waals surface area contributed by atoms with E-state index in [4.69, 9.17) is 10.5 Å². The highest BCUT2D eigenvalue weighted by molar-refractivity contribution is 9.10. The first-order chi connectivity index (χ1) is 7.59. The Morgan fingerprint density at radius 1 is 1.38 bits per heavy atom. The summed E-state index contributed by atoms with van der Waals surface area (Å²) < 4.78 is 6.53.